The number of hydrogen-bond donors (Lipinski definition) is 1. The Balaban J connectivity index is 2.00. The molecule has 140 valence electrons. The van der Waals surface area contributed by atoms with Crippen molar-refractivity contribution in [3.8, 4) is 0 Å². The van der Waals surface area contributed by atoms with Crippen molar-refractivity contribution in [3.05, 3.63) is 58.6 Å². The van der Waals surface area contributed by atoms with Crippen LogP contribution in [-0.4, -0.2) is 32.4 Å². The smallest absolute Gasteiger partial charge is 0.428 e. The minimum Gasteiger partial charge on any atom is -0.443 e. The normalized spacial score (nSPS) is 12.3. The second-order valence-corrected chi connectivity index (χ2v) is 7.43. The van der Waals surface area contributed by atoms with Crippen LogP contribution in [0.5, 0.6) is 0 Å². The number of carbonyl (C=O) groups excluding carboxylic acids is 1. The summed E-state index contributed by atoms with van der Waals surface area (Å²) in [4.78, 5) is 12.0. The number of nitrogens with zero attached hydrogens (tertiary/aromatic N) is 4. The molecule has 1 aromatic heterocycles. The molecular formula is C19H20ClN5O2. The second-order valence-electron chi connectivity index (χ2n) is 7.00. The number of halogens is 1. The van der Waals surface area contributed by atoms with Gasteiger partial charge in [-0.15, -0.1) is 5.10 Å². The second kappa shape index (κ2) is 7.36. The van der Waals surface area contributed by atoms with E-state index in [1.54, 1.807) is 37.6 Å². The highest BCUT2D eigenvalue weighted by Gasteiger charge is 2.17. The number of hydrazone groups is 1. The van der Waals surface area contributed by atoms with Gasteiger partial charge in [0.2, 0.25) is 0 Å². The zero-order chi connectivity index (χ0) is 19.6. The van der Waals surface area contributed by atoms with Gasteiger partial charge in [-0.1, -0.05) is 35.0 Å². The number of hydrogen-bond acceptors (Lipinski definition) is 5. The molecule has 0 saturated carbocycles. The predicted molar refractivity (Wildman–Crippen MR) is 105 cm³/mol. The van der Waals surface area contributed by atoms with E-state index in [0.29, 0.717) is 10.7 Å². The Kier molecular flexibility index (Phi) is 5.14. The molecule has 0 bridgehead atoms. The number of rotatable bonds is 3. The van der Waals surface area contributed by atoms with E-state index in [2.05, 4.69) is 20.8 Å². The molecule has 2 aromatic carbocycles. The molecule has 0 radical (unpaired) electrons. The van der Waals surface area contributed by atoms with Crippen LogP contribution in [0.15, 0.2) is 47.6 Å². The SMILES string of the molecule is Cn1nnc2ccc(C(=NNC(=O)OC(C)(C)C)c3ccc(Cl)cc3)cc21. The molecule has 3 rings (SSSR count). The number of nitrogens with one attached hydrogen (secondary N) is 1. The van der Waals surface area contributed by atoms with Crippen molar-refractivity contribution in [1.82, 2.24) is 20.4 Å². The maximum absolute atomic E-state index is 12.0. The van der Waals surface area contributed by atoms with Crippen LogP contribution in [0.25, 0.3) is 11.0 Å². The van der Waals surface area contributed by atoms with Crippen LogP contribution < -0.4 is 5.43 Å². The molecule has 7 nitrogen and oxygen atoms in total. The van der Waals surface area contributed by atoms with Gasteiger partial charge in [0, 0.05) is 23.2 Å². The Hall–Kier alpha value is -2.93. The molecule has 1 N–H and O–H groups in total. The molecule has 1 heterocycles. The molecular weight excluding hydrogens is 366 g/mol. The molecule has 8 heteroatoms. The molecule has 0 aliphatic carbocycles. The third-order valence-electron chi connectivity index (χ3n) is 3.66. The molecule has 1 amide bonds. The van der Waals surface area contributed by atoms with Gasteiger partial charge < -0.3 is 4.74 Å². The van der Waals surface area contributed by atoms with Crippen molar-refractivity contribution in [2.45, 2.75) is 26.4 Å². The summed E-state index contributed by atoms with van der Waals surface area (Å²) in [6.07, 6.45) is -0.628. The Morgan fingerprint density at radius 1 is 1.15 bits per heavy atom. The first kappa shape index (κ1) is 18.8. The highest BCUT2D eigenvalue weighted by molar-refractivity contribution is 6.30. The Morgan fingerprint density at radius 3 is 2.48 bits per heavy atom. The largest absolute Gasteiger partial charge is 0.443 e. The van der Waals surface area contributed by atoms with Crippen LogP contribution >= 0.6 is 11.6 Å². The van der Waals surface area contributed by atoms with Crippen LogP contribution in [0.2, 0.25) is 5.02 Å². The van der Waals surface area contributed by atoms with E-state index < -0.39 is 11.7 Å². The average Bonchev–Trinajstić information content (AvgIpc) is 2.96. The van der Waals surface area contributed by atoms with Crippen LogP contribution in [-0.2, 0) is 11.8 Å². The maximum Gasteiger partial charge on any atom is 0.428 e. The lowest BCUT2D eigenvalue weighted by Gasteiger charge is -2.18. The fourth-order valence-corrected chi connectivity index (χ4v) is 2.61. The Bertz CT molecular complexity index is 1000. The zero-order valence-electron chi connectivity index (χ0n) is 15.5. The molecule has 0 unspecified atom stereocenters. The van der Waals surface area contributed by atoms with Crippen LogP contribution in [0.4, 0.5) is 4.79 Å². The molecule has 0 aliphatic rings. The summed E-state index contributed by atoms with van der Waals surface area (Å²) in [5.74, 6) is 0. The van der Waals surface area contributed by atoms with Crippen molar-refractivity contribution in [3.63, 3.8) is 0 Å². The first-order chi connectivity index (χ1) is 12.7. The summed E-state index contributed by atoms with van der Waals surface area (Å²) < 4.78 is 6.93. The van der Waals surface area contributed by atoms with E-state index in [1.165, 1.54) is 0 Å². The van der Waals surface area contributed by atoms with Gasteiger partial charge in [0.1, 0.15) is 11.1 Å². The summed E-state index contributed by atoms with van der Waals surface area (Å²) in [6, 6.07) is 12.9. The number of amides is 1. The topological polar surface area (TPSA) is 81.4 Å². The lowest BCUT2D eigenvalue weighted by molar-refractivity contribution is 0.0529. The minimum atomic E-state index is -0.628. The van der Waals surface area contributed by atoms with E-state index in [9.17, 15) is 4.79 Å². The van der Waals surface area contributed by atoms with E-state index >= 15 is 0 Å². The van der Waals surface area contributed by atoms with Gasteiger partial charge in [0.25, 0.3) is 0 Å². The maximum atomic E-state index is 12.0. The molecule has 0 saturated heterocycles. The van der Waals surface area contributed by atoms with Gasteiger partial charge in [-0.3, -0.25) is 0 Å². The van der Waals surface area contributed by atoms with Crippen molar-refractivity contribution in [2.24, 2.45) is 12.1 Å². The van der Waals surface area contributed by atoms with Gasteiger partial charge in [-0.2, -0.15) is 5.10 Å². The van der Waals surface area contributed by atoms with Gasteiger partial charge in [0.15, 0.2) is 0 Å². The van der Waals surface area contributed by atoms with Gasteiger partial charge in [0.05, 0.1) is 11.2 Å². The highest BCUT2D eigenvalue weighted by Crippen LogP contribution is 2.18. The third kappa shape index (κ3) is 4.62. The first-order valence-corrected chi connectivity index (χ1v) is 8.73. The van der Waals surface area contributed by atoms with E-state index in [0.717, 1.165) is 22.2 Å². The molecule has 0 fully saturated rings. The molecule has 0 aliphatic heterocycles. The fraction of sp³-hybridized carbons (Fsp3) is 0.263. The molecule has 0 spiro atoms. The lowest BCUT2D eigenvalue weighted by atomic mass is 10.0. The standard InChI is InChI=1S/C19H20ClN5O2/c1-19(2,3)27-18(26)23-22-17(12-5-8-14(20)9-6-12)13-7-10-15-16(11-13)25(4)24-21-15/h5-11H,1-4H3,(H,23,26). The summed E-state index contributed by atoms with van der Waals surface area (Å²) in [5, 5.41) is 13.0. The fourth-order valence-electron chi connectivity index (χ4n) is 2.48. The number of ether oxygens (including phenoxy) is 1. The summed E-state index contributed by atoms with van der Waals surface area (Å²) in [6.45, 7) is 5.37. The number of fused-ring (bicyclic) bond motifs is 1. The minimum absolute atomic E-state index is 0.570. The van der Waals surface area contributed by atoms with Crippen molar-refractivity contribution < 1.29 is 9.53 Å². The van der Waals surface area contributed by atoms with E-state index in [-0.39, 0.29) is 0 Å². The quantitative estimate of drug-likeness (QED) is 0.547. The summed E-state index contributed by atoms with van der Waals surface area (Å²) >= 11 is 6.00. The predicted octanol–water partition coefficient (Wildman–Crippen LogP) is 3.90. The Morgan fingerprint density at radius 2 is 1.81 bits per heavy atom. The third-order valence-corrected chi connectivity index (χ3v) is 3.91. The van der Waals surface area contributed by atoms with E-state index in [4.69, 9.17) is 16.3 Å². The van der Waals surface area contributed by atoms with Crippen LogP contribution in [0.1, 0.15) is 31.9 Å². The first-order valence-electron chi connectivity index (χ1n) is 8.35. The summed E-state index contributed by atoms with van der Waals surface area (Å²) in [7, 11) is 1.82. The highest BCUT2D eigenvalue weighted by atomic mass is 35.5. The Labute approximate surface area is 162 Å². The van der Waals surface area contributed by atoms with E-state index in [1.807, 2.05) is 37.4 Å². The zero-order valence-corrected chi connectivity index (χ0v) is 16.3. The number of aryl methyl sites for hydroxylation is 1. The molecule has 27 heavy (non-hydrogen) atoms. The lowest BCUT2D eigenvalue weighted by Crippen LogP contribution is -2.30. The van der Waals surface area contributed by atoms with Gasteiger partial charge >= 0.3 is 6.09 Å². The molecule has 0 atom stereocenters. The average molecular weight is 386 g/mol. The van der Waals surface area contributed by atoms with Gasteiger partial charge in [-0.25, -0.2) is 14.9 Å². The number of benzene rings is 2. The van der Waals surface area contributed by atoms with Crippen LogP contribution in [0, 0.1) is 0 Å². The van der Waals surface area contributed by atoms with Crippen molar-refractivity contribution in [2.75, 3.05) is 0 Å². The number of carbonyl (C=O) groups is 1. The van der Waals surface area contributed by atoms with Gasteiger partial charge in [-0.05, 0) is 45.0 Å². The van der Waals surface area contributed by atoms with Crippen molar-refractivity contribution >= 4 is 34.4 Å². The van der Waals surface area contributed by atoms with Crippen LogP contribution in [0.3, 0.4) is 0 Å². The number of aromatic nitrogens is 3. The summed E-state index contributed by atoms with van der Waals surface area (Å²) in [5.41, 5.74) is 5.64. The molecule has 3 aromatic rings. The van der Waals surface area contributed by atoms with Crippen molar-refractivity contribution in [1.29, 1.82) is 0 Å². The monoisotopic (exact) mass is 385 g/mol.